The summed E-state index contributed by atoms with van der Waals surface area (Å²) in [5, 5.41) is 13.9. The summed E-state index contributed by atoms with van der Waals surface area (Å²) in [6.45, 7) is 3.96. The minimum Gasteiger partial charge on any atom is -0.258 e. The van der Waals surface area contributed by atoms with Crippen molar-refractivity contribution >= 4 is 5.65 Å². The Balaban J connectivity index is 2.06. The van der Waals surface area contributed by atoms with E-state index >= 15 is 0 Å². The van der Waals surface area contributed by atoms with Crippen LogP contribution in [0.15, 0.2) is 54.9 Å². The van der Waals surface area contributed by atoms with E-state index in [0.29, 0.717) is 5.56 Å². The van der Waals surface area contributed by atoms with E-state index in [1.165, 1.54) is 0 Å². The minimum absolute atomic E-state index is 0.607. The van der Waals surface area contributed by atoms with Crippen LogP contribution in [-0.4, -0.2) is 19.6 Å². The molecule has 0 aliphatic rings. The first-order valence-electron chi connectivity index (χ1n) is 7.95. The van der Waals surface area contributed by atoms with Gasteiger partial charge in [0.15, 0.2) is 5.65 Å². The van der Waals surface area contributed by atoms with Gasteiger partial charge in [0.2, 0.25) is 0 Å². The zero-order valence-electron chi connectivity index (χ0n) is 13.9. The van der Waals surface area contributed by atoms with Gasteiger partial charge in [-0.15, -0.1) is 0 Å². The number of rotatable bonds is 2. The Hall–Kier alpha value is -3.52. The van der Waals surface area contributed by atoms with E-state index in [2.05, 4.69) is 16.0 Å². The van der Waals surface area contributed by atoms with Crippen molar-refractivity contribution in [1.29, 1.82) is 5.26 Å². The Morgan fingerprint density at radius 3 is 2.56 bits per heavy atom. The van der Waals surface area contributed by atoms with Gasteiger partial charge in [-0.25, -0.2) is 9.50 Å². The van der Waals surface area contributed by atoms with Crippen LogP contribution in [0.2, 0.25) is 0 Å². The van der Waals surface area contributed by atoms with E-state index in [1.807, 2.05) is 56.4 Å². The fourth-order valence-electron chi connectivity index (χ4n) is 3.07. The average molecular weight is 325 g/mol. The molecule has 0 radical (unpaired) electrons. The molecule has 5 heteroatoms. The van der Waals surface area contributed by atoms with E-state index in [4.69, 9.17) is 5.10 Å². The Morgan fingerprint density at radius 2 is 1.80 bits per heavy atom. The Bertz CT molecular complexity index is 1110. The number of fused-ring (bicyclic) bond motifs is 1. The predicted molar refractivity (Wildman–Crippen MR) is 95.8 cm³/mol. The lowest BCUT2D eigenvalue weighted by atomic mass is 9.99. The number of aryl methyl sites for hydroxylation is 2. The smallest absolute Gasteiger partial charge is 0.163 e. The summed E-state index contributed by atoms with van der Waals surface area (Å²) in [4.78, 5) is 8.98. The molecule has 4 aromatic rings. The van der Waals surface area contributed by atoms with Crippen LogP contribution in [0, 0.1) is 25.2 Å². The molecule has 4 rings (SSSR count). The number of pyridine rings is 1. The number of hydrogen-bond donors (Lipinski definition) is 0. The topological polar surface area (TPSA) is 66.9 Å². The van der Waals surface area contributed by atoms with Gasteiger partial charge in [-0.1, -0.05) is 12.1 Å². The molecule has 0 amide bonds. The standard InChI is InChI=1S/C20H15N5/c1-13-9-17(10-14(2)23-13)18-19(16-6-3-5-15(11-16)12-21)24-25-8-4-7-22-20(18)25/h3-11H,1-2H3. The number of aromatic nitrogens is 4. The molecule has 0 N–H and O–H groups in total. The van der Waals surface area contributed by atoms with Gasteiger partial charge < -0.3 is 0 Å². The second-order valence-corrected chi connectivity index (χ2v) is 5.94. The van der Waals surface area contributed by atoms with Crippen LogP contribution in [-0.2, 0) is 0 Å². The molecule has 0 aliphatic heterocycles. The van der Waals surface area contributed by atoms with E-state index < -0.39 is 0 Å². The summed E-state index contributed by atoms with van der Waals surface area (Å²) in [5.41, 5.74) is 6.96. The highest BCUT2D eigenvalue weighted by atomic mass is 15.2. The largest absolute Gasteiger partial charge is 0.258 e. The molecule has 0 bridgehead atoms. The van der Waals surface area contributed by atoms with Gasteiger partial charge in [0.25, 0.3) is 0 Å². The van der Waals surface area contributed by atoms with Gasteiger partial charge in [0.05, 0.1) is 17.2 Å². The molecule has 5 nitrogen and oxygen atoms in total. The average Bonchev–Trinajstić information content (AvgIpc) is 3.00. The summed E-state index contributed by atoms with van der Waals surface area (Å²) in [6, 6.07) is 15.6. The molecule has 0 aliphatic carbocycles. The number of hydrogen-bond acceptors (Lipinski definition) is 4. The van der Waals surface area contributed by atoms with Crippen molar-refractivity contribution in [2.75, 3.05) is 0 Å². The highest BCUT2D eigenvalue weighted by Crippen LogP contribution is 2.35. The summed E-state index contributed by atoms with van der Waals surface area (Å²) in [7, 11) is 0. The number of nitrogens with zero attached hydrogens (tertiary/aromatic N) is 5. The van der Waals surface area contributed by atoms with Gasteiger partial charge in [0.1, 0.15) is 5.69 Å². The molecule has 0 unspecified atom stereocenters. The molecular weight excluding hydrogens is 310 g/mol. The first-order valence-corrected chi connectivity index (χ1v) is 7.95. The van der Waals surface area contributed by atoms with Gasteiger partial charge in [-0.3, -0.25) is 4.98 Å². The molecule has 0 fully saturated rings. The summed E-state index contributed by atoms with van der Waals surface area (Å²) in [6.07, 6.45) is 3.64. The third-order valence-corrected chi connectivity index (χ3v) is 4.03. The first kappa shape index (κ1) is 15.0. The fourth-order valence-corrected chi connectivity index (χ4v) is 3.07. The molecular formula is C20H15N5. The molecule has 0 saturated carbocycles. The Morgan fingerprint density at radius 1 is 1.00 bits per heavy atom. The van der Waals surface area contributed by atoms with Crippen molar-refractivity contribution in [3.8, 4) is 28.5 Å². The third-order valence-electron chi connectivity index (χ3n) is 4.03. The van der Waals surface area contributed by atoms with Crippen LogP contribution in [0.25, 0.3) is 28.0 Å². The van der Waals surface area contributed by atoms with Gasteiger partial charge >= 0.3 is 0 Å². The van der Waals surface area contributed by atoms with Crippen molar-refractivity contribution in [1.82, 2.24) is 19.6 Å². The zero-order valence-corrected chi connectivity index (χ0v) is 13.9. The molecule has 0 atom stereocenters. The van der Waals surface area contributed by atoms with Crippen molar-refractivity contribution in [3.05, 3.63) is 71.8 Å². The van der Waals surface area contributed by atoms with Crippen LogP contribution in [0.4, 0.5) is 0 Å². The lowest BCUT2D eigenvalue weighted by Gasteiger charge is -2.06. The SMILES string of the molecule is Cc1cc(-c2c(-c3cccc(C#N)c3)nn3cccnc23)cc(C)n1. The Kier molecular flexibility index (Phi) is 3.51. The number of nitriles is 1. The van der Waals surface area contributed by atoms with Crippen LogP contribution < -0.4 is 0 Å². The maximum atomic E-state index is 9.21. The summed E-state index contributed by atoms with van der Waals surface area (Å²) >= 11 is 0. The quantitative estimate of drug-likeness (QED) is 0.560. The Labute approximate surface area is 145 Å². The lowest BCUT2D eigenvalue weighted by molar-refractivity contribution is 0.943. The highest BCUT2D eigenvalue weighted by molar-refractivity contribution is 5.90. The second-order valence-electron chi connectivity index (χ2n) is 5.94. The molecule has 120 valence electrons. The fraction of sp³-hybridized carbons (Fsp3) is 0.100. The monoisotopic (exact) mass is 325 g/mol. The van der Waals surface area contributed by atoms with Gasteiger partial charge in [-0.2, -0.15) is 10.4 Å². The minimum atomic E-state index is 0.607. The van der Waals surface area contributed by atoms with Crippen molar-refractivity contribution in [2.24, 2.45) is 0 Å². The zero-order chi connectivity index (χ0) is 17.4. The van der Waals surface area contributed by atoms with Gasteiger partial charge in [-0.05, 0) is 49.7 Å². The van der Waals surface area contributed by atoms with E-state index in [1.54, 1.807) is 16.8 Å². The molecule has 3 aromatic heterocycles. The molecule has 3 heterocycles. The normalized spacial score (nSPS) is 10.8. The van der Waals surface area contributed by atoms with Crippen molar-refractivity contribution in [3.63, 3.8) is 0 Å². The van der Waals surface area contributed by atoms with E-state index in [0.717, 1.165) is 39.4 Å². The number of benzene rings is 1. The van der Waals surface area contributed by atoms with Crippen LogP contribution in [0.1, 0.15) is 17.0 Å². The molecule has 0 saturated heterocycles. The molecule has 0 spiro atoms. The van der Waals surface area contributed by atoms with Gasteiger partial charge in [0, 0.05) is 29.3 Å². The highest BCUT2D eigenvalue weighted by Gasteiger charge is 2.18. The lowest BCUT2D eigenvalue weighted by Crippen LogP contribution is -1.90. The third kappa shape index (κ3) is 2.64. The van der Waals surface area contributed by atoms with Crippen LogP contribution >= 0.6 is 0 Å². The second kappa shape index (κ2) is 5.84. The van der Waals surface area contributed by atoms with E-state index in [9.17, 15) is 5.26 Å². The summed E-state index contributed by atoms with van der Waals surface area (Å²) in [5.74, 6) is 0. The molecule has 25 heavy (non-hydrogen) atoms. The van der Waals surface area contributed by atoms with Crippen molar-refractivity contribution in [2.45, 2.75) is 13.8 Å². The maximum absolute atomic E-state index is 9.21. The molecule has 1 aromatic carbocycles. The van der Waals surface area contributed by atoms with E-state index in [-0.39, 0.29) is 0 Å². The van der Waals surface area contributed by atoms with Crippen LogP contribution in [0.3, 0.4) is 0 Å². The van der Waals surface area contributed by atoms with Crippen LogP contribution in [0.5, 0.6) is 0 Å². The summed E-state index contributed by atoms with van der Waals surface area (Å²) < 4.78 is 1.77. The predicted octanol–water partition coefficient (Wildman–Crippen LogP) is 3.95. The first-order chi connectivity index (χ1) is 12.2. The maximum Gasteiger partial charge on any atom is 0.163 e. The van der Waals surface area contributed by atoms with Crippen molar-refractivity contribution < 1.29 is 0 Å².